The van der Waals surface area contributed by atoms with E-state index in [1.54, 1.807) is 0 Å². The molecule has 1 amide bonds. The molecule has 1 saturated heterocycles. The topological polar surface area (TPSA) is 50.4 Å². The molecule has 0 unspecified atom stereocenters. The molecule has 2 N–H and O–H groups in total. The van der Waals surface area contributed by atoms with Crippen molar-refractivity contribution in [2.45, 2.75) is 46.1 Å². The van der Waals surface area contributed by atoms with E-state index < -0.39 is 0 Å². The maximum Gasteiger partial charge on any atom is 0.226 e. The average molecular weight is 242 g/mol. The van der Waals surface area contributed by atoms with Crippen LogP contribution in [-0.4, -0.2) is 38.3 Å². The molecule has 1 aliphatic rings. The Morgan fingerprint density at radius 2 is 2.06 bits per heavy atom. The molecule has 0 aromatic heterocycles. The summed E-state index contributed by atoms with van der Waals surface area (Å²) < 4.78 is 5.42. The van der Waals surface area contributed by atoms with E-state index in [9.17, 15) is 4.79 Å². The van der Waals surface area contributed by atoms with Crippen LogP contribution in [0, 0.1) is 5.41 Å². The number of amides is 1. The molecule has 1 heterocycles. The van der Waals surface area contributed by atoms with Gasteiger partial charge in [-0.3, -0.25) is 4.79 Å². The van der Waals surface area contributed by atoms with Gasteiger partial charge in [-0.2, -0.15) is 0 Å². The van der Waals surface area contributed by atoms with Gasteiger partial charge in [0.05, 0.1) is 18.1 Å². The Balaban J connectivity index is 2.33. The number of nitrogens with one attached hydrogen (secondary N) is 2. The molecule has 1 aliphatic heterocycles. The molecule has 0 radical (unpaired) electrons. The Hall–Kier alpha value is -0.610. The van der Waals surface area contributed by atoms with Crippen molar-refractivity contribution >= 4 is 5.91 Å². The molecular formula is C13H26N2O2. The van der Waals surface area contributed by atoms with Crippen LogP contribution in [0.5, 0.6) is 0 Å². The van der Waals surface area contributed by atoms with Crippen LogP contribution in [0.4, 0.5) is 0 Å². The summed E-state index contributed by atoms with van der Waals surface area (Å²) >= 11 is 0. The van der Waals surface area contributed by atoms with Gasteiger partial charge in [0, 0.05) is 6.54 Å². The molecule has 0 aliphatic carbocycles. The number of rotatable bonds is 6. The lowest BCUT2D eigenvalue weighted by Gasteiger charge is -2.35. The van der Waals surface area contributed by atoms with Crippen molar-refractivity contribution in [2.24, 2.45) is 5.41 Å². The monoisotopic (exact) mass is 242 g/mol. The minimum absolute atomic E-state index is 0.150. The van der Waals surface area contributed by atoms with Crippen LogP contribution in [0.25, 0.3) is 0 Å². The van der Waals surface area contributed by atoms with Crippen molar-refractivity contribution in [2.75, 3.05) is 26.2 Å². The van der Waals surface area contributed by atoms with Gasteiger partial charge in [0.15, 0.2) is 0 Å². The third-order valence-corrected chi connectivity index (χ3v) is 3.56. The first-order chi connectivity index (χ1) is 8.10. The van der Waals surface area contributed by atoms with E-state index in [-0.39, 0.29) is 17.4 Å². The molecular weight excluding hydrogens is 216 g/mol. The van der Waals surface area contributed by atoms with Gasteiger partial charge >= 0.3 is 0 Å². The number of ether oxygens (including phenoxy) is 1. The molecule has 1 fully saturated rings. The summed E-state index contributed by atoms with van der Waals surface area (Å²) in [6.45, 7) is 9.22. The van der Waals surface area contributed by atoms with Gasteiger partial charge in [0.1, 0.15) is 0 Å². The van der Waals surface area contributed by atoms with Gasteiger partial charge in [-0.25, -0.2) is 0 Å². The second kappa shape index (κ2) is 6.97. The Kier molecular flexibility index (Phi) is 5.92. The summed E-state index contributed by atoms with van der Waals surface area (Å²) in [4.78, 5) is 12.2. The summed E-state index contributed by atoms with van der Waals surface area (Å²) in [6.07, 6.45) is 3.04. The molecule has 0 atom stereocenters. The van der Waals surface area contributed by atoms with Crippen molar-refractivity contribution in [3.63, 3.8) is 0 Å². The highest BCUT2D eigenvalue weighted by molar-refractivity contribution is 5.82. The van der Waals surface area contributed by atoms with E-state index >= 15 is 0 Å². The Bertz CT molecular complexity index is 236. The lowest BCUT2D eigenvalue weighted by molar-refractivity contribution is -0.133. The fraction of sp³-hybridized carbons (Fsp3) is 0.923. The fourth-order valence-electron chi connectivity index (χ4n) is 2.29. The van der Waals surface area contributed by atoms with E-state index in [2.05, 4.69) is 17.6 Å². The second-order valence-electron chi connectivity index (χ2n) is 5.06. The van der Waals surface area contributed by atoms with E-state index in [0.717, 1.165) is 32.4 Å². The predicted molar refractivity (Wildman–Crippen MR) is 68.9 cm³/mol. The summed E-state index contributed by atoms with van der Waals surface area (Å²) in [5, 5.41) is 6.31. The fourth-order valence-corrected chi connectivity index (χ4v) is 2.29. The lowest BCUT2D eigenvalue weighted by atomic mass is 9.76. The van der Waals surface area contributed by atoms with Crippen LogP contribution in [0.1, 0.15) is 40.0 Å². The van der Waals surface area contributed by atoms with E-state index in [1.165, 1.54) is 0 Å². The zero-order chi connectivity index (χ0) is 12.7. The first-order valence-electron chi connectivity index (χ1n) is 6.71. The van der Waals surface area contributed by atoms with Gasteiger partial charge in [-0.15, -0.1) is 0 Å². The zero-order valence-electron chi connectivity index (χ0n) is 11.3. The van der Waals surface area contributed by atoms with Crippen molar-refractivity contribution < 1.29 is 9.53 Å². The zero-order valence-corrected chi connectivity index (χ0v) is 11.3. The minimum atomic E-state index is -0.150. The van der Waals surface area contributed by atoms with Crippen LogP contribution in [0.15, 0.2) is 0 Å². The SMILES string of the molecule is CCC1(C(=O)NCCOC(C)C)CCNCC1. The normalized spacial score (nSPS) is 19.3. The third-order valence-electron chi connectivity index (χ3n) is 3.56. The molecule has 0 bridgehead atoms. The number of hydrogen-bond donors (Lipinski definition) is 2. The van der Waals surface area contributed by atoms with E-state index in [0.29, 0.717) is 13.2 Å². The van der Waals surface area contributed by atoms with Crippen molar-refractivity contribution in [3.05, 3.63) is 0 Å². The summed E-state index contributed by atoms with van der Waals surface area (Å²) in [5.41, 5.74) is -0.150. The first-order valence-corrected chi connectivity index (χ1v) is 6.71. The molecule has 4 nitrogen and oxygen atoms in total. The number of hydrogen-bond acceptors (Lipinski definition) is 3. The summed E-state index contributed by atoms with van der Waals surface area (Å²) in [5.74, 6) is 0.203. The van der Waals surface area contributed by atoms with Crippen LogP contribution in [0.3, 0.4) is 0 Å². The van der Waals surface area contributed by atoms with Crippen molar-refractivity contribution in [3.8, 4) is 0 Å². The van der Waals surface area contributed by atoms with Crippen molar-refractivity contribution in [1.29, 1.82) is 0 Å². The molecule has 0 aromatic rings. The Morgan fingerprint density at radius 1 is 1.41 bits per heavy atom. The van der Waals surface area contributed by atoms with Gasteiger partial charge in [0.25, 0.3) is 0 Å². The molecule has 0 saturated carbocycles. The molecule has 1 rings (SSSR count). The highest BCUT2D eigenvalue weighted by Gasteiger charge is 2.37. The van der Waals surface area contributed by atoms with Crippen LogP contribution in [-0.2, 0) is 9.53 Å². The number of piperidine rings is 1. The highest BCUT2D eigenvalue weighted by Crippen LogP contribution is 2.32. The summed E-state index contributed by atoms with van der Waals surface area (Å²) in [7, 11) is 0. The quantitative estimate of drug-likeness (QED) is 0.690. The standard InChI is InChI=1S/C13H26N2O2/c1-4-13(5-7-14-8-6-13)12(16)15-9-10-17-11(2)3/h11,14H,4-10H2,1-3H3,(H,15,16). The maximum absolute atomic E-state index is 12.2. The third kappa shape index (κ3) is 4.28. The molecule has 0 aromatic carbocycles. The Labute approximate surface area is 104 Å². The van der Waals surface area contributed by atoms with E-state index in [4.69, 9.17) is 4.74 Å². The van der Waals surface area contributed by atoms with Gasteiger partial charge in [-0.05, 0) is 46.2 Å². The smallest absolute Gasteiger partial charge is 0.226 e. The van der Waals surface area contributed by atoms with Crippen LogP contribution >= 0.6 is 0 Å². The van der Waals surface area contributed by atoms with Crippen molar-refractivity contribution in [1.82, 2.24) is 10.6 Å². The number of carbonyl (C=O) groups excluding carboxylic acids is 1. The first kappa shape index (κ1) is 14.5. The Morgan fingerprint density at radius 3 is 2.59 bits per heavy atom. The van der Waals surface area contributed by atoms with E-state index in [1.807, 2.05) is 13.8 Å². The minimum Gasteiger partial charge on any atom is -0.377 e. The summed E-state index contributed by atoms with van der Waals surface area (Å²) in [6, 6.07) is 0. The molecule has 100 valence electrons. The maximum atomic E-state index is 12.2. The highest BCUT2D eigenvalue weighted by atomic mass is 16.5. The lowest BCUT2D eigenvalue weighted by Crippen LogP contribution is -2.48. The number of carbonyl (C=O) groups is 1. The second-order valence-corrected chi connectivity index (χ2v) is 5.06. The van der Waals surface area contributed by atoms with Gasteiger partial charge in [0.2, 0.25) is 5.91 Å². The van der Waals surface area contributed by atoms with Gasteiger partial charge < -0.3 is 15.4 Å². The average Bonchev–Trinajstić information content (AvgIpc) is 2.35. The molecule has 0 spiro atoms. The molecule has 17 heavy (non-hydrogen) atoms. The van der Waals surface area contributed by atoms with Gasteiger partial charge in [-0.1, -0.05) is 6.92 Å². The molecule has 4 heteroatoms. The van der Waals surface area contributed by atoms with Crippen LogP contribution < -0.4 is 10.6 Å². The van der Waals surface area contributed by atoms with Crippen LogP contribution in [0.2, 0.25) is 0 Å². The largest absolute Gasteiger partial charge is 0.377 e. The predicted octanol–water partition coefficient (Wildman–Crippen LogP) is 1.31.